The molecule has 156 valence electrons. The Kier molecular flexibility index (Phi) is 2.95. The molecule has 0 saturated heterocycles. The van der Waals surface area contributed by atoms with E-state index in [2.05, 4.69) is 0 Å². The number of hydrogen-bond donors (Lipinski definition) is 0. The van der Waals surface area contributed by atoms with Gasteiger partial charge in [0.1, 0.15) is 0 Å². The highest BCUT2D eigenvalue weighted by Gasteiger charge is 2.42. The van der Waals surface area contributed by atoms with Gasteiger partial charge in [-0.25, -0.2) is 0 Å². The first-order valence-corrected chi connectivity index (χ1v) is 12.5. The first kappa shape index (κ1) is 14.3. The van der Waals surface area contributed by atoms with Gasteiger partial charge in [0, 0.05) is 27.1 Å². The van der Waals surface area contributed by atoms with Crippen molar-refractivity contribution < 1.29 is 11.4 Å². The Morgan fingerprint density at radius 2 is 1.39 bits per heavy atom. The van der Waals surface area contributed by atoms with Gasteiger partial charge in [-0.15, -0.1) is 0 Å². The van der Waals surface area contributed by atoms with Crippen molar-refractivity contribution in [2.45, 2.75) is 0 Å². The van der Waals surface area contributed by atoms with Gasteiger partial charge in [0.25, 0.3) is 0 Å². The fourth-order valence-electron chi connectivity index (χ4n) is 5.17. The largest absolute Gasteiger partial charge is 0.309 e. The summed E-state index contributed by atoms with van der Waals surface area (Å²) in [5.41, 5.74) is 3.05. The second-order valence-electron chi connectivity index (χ2n) is 8.15. The summed E-state index contributed by atoms with van der Waals surface area (Å²) in [7, 11) is -3.39. The number of aromatic nitrogens is 1. The Morgan fingerprint density at radius 1 is 0.667 bits per heavy atom. The fourth-order valence-corrected chi connectivity index (χ4v) is 8.42. The van der Waals surface area contributed by atoms with E-state index in [1.807, 2.05) is 91.0 Å². The lowest BCUT2D eigenvalue weighted by molar-refractivity contribution is 0.593. The Morgan fingerprint density at radius 3 is 2.24 bits per heavy atom. The third-order valence-corrected chi connectivity index (χ3v) is 9.66. The summed E-state index contributed by atoms with van der Waals surface area (Å²) in [6, 6.07) is 26.8. The minimum atomic E-state index is -3.39. The molecule has 1 aliphatic rings. The molecule has 7 rings (SSSR count). The van der Waals surface area contributed by atoms with E-state index in [9.17, 15) is 0 Å². The van der Waals surface area contributed by atoms with Gasteiger partial charge >= 0.3 is 0 Å². The normalized spacial score (nSPS) is 18.8. The van der Waals surface area contributed by atoms with E-state index in [1.54, 1.807) is 4.57 Å². The molecule has 6 aromatic rings. The van der Waals surface area contributed by atoms with Gasteiger partial charge in [-0.1, -0.05) is 103 Å². The van der Waals surface area contributed by atoms with Crippen LogP contribution >= 0.6 is 7.14 Å². The molecule has 3 heteroatoms. The van der Waals surface area contributed by atoms with E-state index in [0.29, 0.717) is 21.6 Å². The summed E-state index contributed by atoms with van der Waals surface area (Å²) in [5, 5.41) is 3.73. The van der Waals surface area contributed by atoms with Crippen molar-refractivity contribution in [1.29, 1.82) is 0 Å². The Labute approximate surface area is 199 Å². The molecule has 1 atom stereocenters. The smallest absolute Gasteiger partial charge is 0.174 e. The molecule has 0 aliphatic carbocycles. The highest BCUT2D eigenvalue weighted by Crippen LogP contribution is 2.54. The van der Waals surface area contributed by atoms with E-state index in [0.717, 1.165) is 27.2 Å². The van der Waals surface area contributed by atoms with Gasteiger partial charge in [0.05, 0.1) is 23.2 Å². The number of hydrogen-bond acceptors (Lipinski definition) is 1. The molecule has 0 saturated carbocycles. The van der Waals surface area contributed by atoms with Crippen LogP contribution in [0.1, 0.15) is 6.85 Å². The second kappa shape index (κ2) is 6.81. The maximum Gasteiger partial charge on any atom is 0.174 e. The molecule has 0 amide bonds. The van der Waals surface area contributed by atoms with E-state index < -0.39 is 25.3 Å². The van der Waals surface area contributed by atoms with Crippen molar-refractivity contribution in [2.24, 2.45) is 0 Å². The number of benzene rings is 5. The lowest BCUT2D eigenvalue weighted by Crippen LogP contribution is -2.22. The minimum absolute atomic E-state index is 0.0474. The number of nitrogens with zero attached hydrogens (tertiary/aromatic N) is 1. The molecule has 1 aliphatic heterocycles. The van der Waals surface area contributed by atoms with Crippen LogP contribution in [-0.4, -0.2) is 4.57 Å². The molecular weight excluding hydrogens is 421 g/mol. The summed E-state index contributed by atoms with van der Waals surface area (Å²) in [6.45, 7) is 0. The van der Waals surface area contributed by atoms with Crippen LogP contribution in [0.2, 0.25) is 0 Å². The Hall–Kier alpha value is -3.87. The third-order valence-electron chi connectivity index (χ3n) is 6.49. The molecule has 1 unspecified atom stereocenters. The predicted molar refractivity (Wildman–Crippen MR) is 139 cm³/mol. The zero-order chi connectivity index (χ0) is 26.3. The quantitative estimate of drug-likeness (QED) is 0.282. The van der Waals surface area contributed by atoms with E-state index in [4.69, 9.17) is 6.85 Å². The molecule has 0 bridgehead atoms. The maximum atomic E-state index is 15.5. The first-order chi connectivity index (χ1) is 18.4. The predicted octanol–water partition coefficient (Wildman–Crippen LogP) is 6.40. The first-order valence-electron chi connectivity index (χ1n) is 13.3. The molecule has 33 heavy (non-hydrogen) atoms. The van der Waals surface area contributed by atoms with Crippen LogP contribution in [0.4, 0.5) is 0 Å². The zero-order valence-corrected chi connectivity index (χ0v) is 18.4. The zero-order valence-electron chi connectivity index (χ0n) is 22.5. The number of rotatable bonds is 2. The molecule has 2 nitrogen and oxygen atoms in total. The van der Waals surface area contributed by atoms with E-state index >= 15 is 4.57 Å². The van der Waals surface area contributed by atoms with Gasteiger partial charge in [-0.2, -0.15) is 0 Å². The van der Waals surface area contributed by atoms with E-state index in [-0.39, 0.29) is 17.8 Å². The molecule has 2 heterocycles. The summed E-state index contributed by atoms with van der Waals surface area (Å²) in [4.78, 5) is 0. The van der Waals surface area contributed by atoms with Crippen molar-refractivity contribution in [2.75, 3.05) is 0 Å². The van der Waals surface area contributed by atoms with Crippen LogP contribution in [0.15, 0.2) is 121 Å². The molecule has 0 N–H and O–H groups in total. The standard InChI is InChI=1S/C30H20NOP/c32-33(22-13-5-2-6-14-22)28-18-10-8-16-24(28)26-20-19-25-23-15-7-9-17-27(23)31(29(25)30(26)33)21-11-3-1-4-12-21/h1-20H/i1D,3D,4D,11D,12D. The monoisotopic (exact) mass is 446 g/mol. The molecular formula is C30H20NOP. The van der Waals surface area contributed by atoms with Crippen molar-refractivity contribution in [3.8, 4) is 16.8 Å². The van der Waals surface area contributed by atoms with Gasteiger partial charge in [-0.3, -0.25) is 0 Å². The van der Waals surface area contributed by atoms with Gasteiger partial charge in [0.15, 0.2) is 7.14 Å². The van der Waals surface area contributed by atoms with Gasteiger partial charge in [-0.05, 0) is 29.3 Å². The average molecular weight is 447 g/mol. The van der Waals surface area contributed by atoms with Gasteiger partial charge in [0.2, 0.25) is 0 Å². The van der Waals surface area contributed by atoms with Crippen molar-refractivity contribution in [3.63, 3.8) is 0 Å². The summed E-state index contributed by atoms with van der Waals surface area (Å²) >= 11 is 0. The lowest BCUT2D eigenvalue weighted by atomic mass is 10.0. The van der Waals surface area contributed by atoms with Crippen LogP contribution in [0.5, 0.6) is 0 Å². The van der Waals surface area contributed by atoms with Crippen LogP contribution in [0, 0.1) is 0 Å². The topological polar surface area (TPSA) is 22.0 Å². The molecule has 0 radical (unpaired) electrons. The maximum absolute atomic E-state index is 15.5. The van der Waals surface area contributed by atoms with Gasteiger partial charge < -0.3 is 9.13 Å². The highest BCUT2D eigenvalue weighted by atomic mass is 31.2. The van der Waals surface area contributed by atoms with Crippen LogP contribution in [0.3, 0.4) is 0 Å². The minimum Gasteiger partial charge on any atom is -0.309 e. The Balaban J connectivity index is 1.76. The Bertz CT molecular complexity index is 1990. The SMILES string of the molecule is [2H]c1c([2H])c([2H])c(-n2c3ccccc3c3ccc4c(c32)P(=O)(c2ccccc2)c2ccccc2-4)c([2H])c1[2H]. The van der Waals surface area contributed by atoms with Crippen molar-refractivity contribution >= 4 is 44.9 Å². The molecule has 0 spiro atoms. The van der Waals surface area contributed by atoms with Crippen LogP contribution in [-0.2, 0) is 4.57 Å². The number of fused-ring (bicyclic) bond motifs is 7. The van der Waals surface area contributed by atoms with Crippen LogP contribution in [0.25, 0.3) is 38.6 Å². The lowest BCUT2D eigenvalue weighted by Gasteiger charge is -2.18. The summed E-state index contributed by atoms with van der Waals surface area (Å²) < 4.78 is 59.6. The van der Waals surface area contributed by atoms with Crippen LogP contribution < -0.4 is 15.9 Å². The van der Waals surface area contributed by atoms with Crippen molar-refractivity contribution in [1.82, 2.24) is 4.57 Å². The fraction of sp³-hybridized carbons (Fsp3) is 0. The van der Waals surface area contributed by atoms with E-state index in [1.165, 1.54) is 0 Å². The highest BCUT2D eigenvalue weighted by molar-refractivity contribution is 7.86. The number of para-hydroxylation sites is 2. The van der Waals surface area contributed by atoms with Crippen molar-refractivity contribution in [3.05, 3.63) is 121 Å². The average Bonchev–Trinajstić information content (AvgIpc) is 3.42. The third kappa shape index (κ3) is 2.42. The molecule has 1 aromatic heterocycles. The molecule has 0 fully saturated rings. The summed E-state index contributed by atoms with van der Waals surface area (Å²) in [5.74, 6) is 0. The second-order valence-corrected chi connectivity index (χ2v) is 10.8. The molecule has 5 aromatic carbocycles. The summed E-state index contributed by atoms with van der Waals surface area (Å²) in [6.07, 6.45) is 0.